The Morgan fingerprint density at radius 1 is 1.04 bits per heavy atom. The van der Waals surface area contributed by atoms with Gasteiger partial charge in [0.05, 0.1) is 15.8 Å². The molecule has 3 rings (SSSR count). The number of imidazole rings is 1. The lowest BCUT2D eigenvalue weighted by molar-refractivity contribution is -0.113. The molecule has 0 saturated heterocycles. The van der Waals surface area contributed by atoms with Crippen LogP contribution in [-0.4, -0.2) is 27.1 Å². The van der Waals surface area contributed by atoms with E-state index in [1.165, 1.54) is 11.8 Å². The fraction of sp³-hybridized carbons (Fsp3) is 0.105. The summed E-state index contributed by atoms with van der Waals surface area (Å²) in [5, 5.41) is 7.09. The summed E-state index contributed by atoms with van der Waals surface area (Å²) in [5.41, 5.74) is 1.60. The zero-order valence-electron chi connectivity index (χ0n) is 14.8. The van der Waals surface area contributed by atoms with E-state index in [1.54, 1.807) is 48.7 Å². The SMILES string of the molecule is Cn1ccnc1SCC(=O)Nc1ccc(C(=O)Nc2ccc(Cl)c(Cl)c2)cc1. The predicted octanol–water partition coefficient (Wildman–Crippen LogP) is 4.71. The Hall–Kier alpha value is -2.48. The third-order valence-corrected chi connectivity index (χ3v) is 5.51. The average molecular weight is 435 g/mol. The monoisotopic (exact) mass is 434 g/mol. The van der Waals surface area contributed by atoms with Crippen LogP contribution in [0, 0.1) is 0 Å². The van der Waals surface area contributed by atoms with Gasteiger partial charge in [0.2, 0.25) is 5.91 Å². The summed E-state index contributed by atoms with van der Waals surface area (Å²) in [6.07, 6.45) is 3.50. The Kier molecular flexibility index (Phi) is 6.61. The molecule has 0 aliphatic heterocycles. The van der Waals surface area contributed by atoms with Gasteiger partial charge in [-0.05, 0) is 42.5 Å². The molecule has 6 nitrogen and oxygen atoms in total. The van der Waals surface area contributed by atoms with Crippen molar-refractivity contribution in [1.29, 1.82) is 0 Å². The minimum absolute atomic E-state index is 0.152. The van der Waals surface area contributed by atoms with E-state index < -0.39 is 0 Å². The Morgan fingerprint density at radius 2 is 1.75 bits per heavy atom. The summed E-state index contributed by atoms with van der Waals surface area (Å²) in [6.45, 7) is 0. The Morgan fingerprint density at radius 3 is 2.39 bits per heavy atom. The van der Waals surface area contributed by atoms with Crippen molar-refractivity contribution >= 4 is 58.2 Å². The van der Waals surface area contributed by atoms with Crippen molar-refractivity contribution < 1.29 is 9.59 Å². The lowest BCUT2D eigenvalue weighted by Gasteiger charge is -2.08. The standard InChI is InChI=1S/C19H16Cl2N4O2S/c1-25-9-8-22-19(25)28-11-17(26)23-13-4-2-12(3-5-13)18(27)24-14-6-7-15(20)16(21)10-14/h2-10H,11H2,1H3,(H,23,26)(H,24,27). The molecule has 1 heterocycles. The van der Waals surface area contributed by atoms with Crippen molar-refractivity contribution in [2.45, 2.75) is 5.16 Å². The van der Waals surface area contributed by atoms with E-state index in [2.05, 4.69) is 15.6 Å². The molecule has 2 amide bonds. The second-order valence-electron chi connectivity index (χ2n) is 5.82. The van der Waals surface area contributed by atoms with Crippen molar-refractivity contribution in [2.75, 3.05) is 16.4 Å². The van der Waals surface area contributed by atoms with Gasteiger partial charge in [0.25, 0.3) is 5.91 Å². The van der Waals surface area contributed by atoms with Gasteiger partial charge in [0.15, 0.2) is 5.16 Å². The fourth-order valence-corrected chi connectivity index (χ4v) is 3.33. The molecule has 9 heteroatoms. The number of halogens is 2. The van der Waals surface area contributed by atoms with E-state index in [0.717, 1.165) is 5.16 Å². The minimum atomic E-state index is -0.290. The number of hydrogen-bond donors (Lipinski definition) is 2. The van der Waals surface area contributed by atoms with E-state index in [0.29, 0.717) is 27.0 Å². The van der Waals surface area contributed by atoms with Gasteiger partial charge in [-0.3, -0.25) is 9.59 Å². The van der Waals surface area contributed by atoms with Crippen molar-refractivity contribution in [2.24, 2.45) is 7.05 Å². The molecule has 0 bridgehead atoms. The van der Waals surface area contributed by atoms with Gasteiger partial charge >= 0.3 is 0 Å². The number of thioether (sulfide) groups is 1. The molecule has 0 unspecified atom stereocenters. The number of hydrogen-bond acceptors (Lipinski definition) is 4. The molecule has 0 fully saturated rings. The third-order valence-electron chi connectivity index (χ3n) is 3.72. The summed E-state index contributed by atoms with van der Waals surface area (Å²) in [7, 11) is 1.87. The van der Waals surface area contributed by atoms with Crippen LogP contribution in [-0.2, 0) is 11.8 Å². The highest BCUT2D eigenvalue weighted by Gasteiger charge is 2.10. The minimum Gasteiger partial charge on any atom is -0.329 e. The van der Waals surface area contributed by atoms with Gasteiger partial charge in [0.1, 0.15) is 0 Å². The Balaban J connectivity index is 1.55. The number of nitrogens with one attached hydrogen (secondary N) is 2. The molecule has 0 aliphatic carbocycles. The van der Waals surface area contributed by atoms with Crippen LogP contribution in [0.25, 0.3) is 0 Å². The van der Waals surface area contributed by atoms with Crippen LogP contribution < -0.4 is 10.6 Å². The van der Waals surface area contributed by atoms with E-state index >= 15 is 0 Å². The topological polar surface area (TPSA) is 76.0 Å². The number of aryl methyl sites for hydroxylation is 1. The van der Waals surface area contributed by atoms with Crippen molar-refractivity contribution in [3.05, 3.63) is 70.5 Å². The Labute approximate surface area is 176 Å². The third kappa shape index (κ3) is 5.28. The van der Waals surface area contributed by atoms with Gasteiger partial charge < -0.3 is 15.2 Å². The number of rotatable bonds is 6. The zero-order chi connectivity index (χ0) is 20.1. The van der Waals surface area contributed by atoms with Crippen LogP contribution in [0.5, 0.6) is 0 Å². The van der Waals surface area contributed by atoms with Gasteiger partial charge in [-0.2, -0.15) is 0 Å². The second-order valence-corrected chi connectivity index (χ2v) is 7.57. The normalized spacial score (nSPS) is 10.5. The number of benzene rings is 2. The van der Waals surface area contributed by atoms with Crippen LogP contribution in [0.2, 0.25) is 10.0 Å². The van der Waals surface area contributed by atoms with Crippen LogP contribution in [0.1, 0.15) is 10.4 Å². The molecular weight excluding hydrogens is 419 g/mol. The summed E-state index contributed by atoms with van der Waals surface area (Å²) in [5.74, 6) is -0.202. The van der Waals surface area contributed by atoms with Gasteiger partial charge in [-0.25, -0.2) is 4.98 Å². The first-order chi connectivity index (χ1) is 13.4. The summed E-state index contributed by atoms with van der Waals surface area (Å²) < 4.78 is 1.85. The van der Waals surface area contributed by atoms with Crippen LogP contribution in [0.15, 0.2) is 60.0 Å². The molecule has 0 radical (unpaired) electrons. The maximum Gasteiger partial charge on any atom is 0.255 e. The number of amides is 2. The first-order valence-corrected chi connectivity index (χ1v) is 9.93. The van der Waals surface area contributed by atoms with E-state index in [-0.39, 0.29) is 17.6 Å². The zero-order valence-corrected chi connectivity index (χ0v) is 17.1. The highest BCUT2D eigenvalue weighted by molar-refractivity contribution is 7.99. The maximum atomic E-state index is 12.3. The first-order valence-electron chi connectivity index (χ1n) is 8.19. The quantitative estimate of drug-likeness (QED) is 0.550. The lowest BCUT2D eigenvalue weighted by atomic mass is 10.2. The molecular formula is C19H16Cl2N4O2S. The number of nitrogens with zero attached hydrogens (tertiary/aromatic N) is 2. The Bertz CT molecular complexity index is 1010. The van der Waals surface area contributed by atoms with Gasteiger partial charge in [-0.1, -0.05) is 35.0 Å². The molecule has 0 saturated carbocycles. The molecule has 3 aromatic rings. The van der Waals surface area contributed by atoms with Crippen LogP contribution >= 0.6 is 35.0 Å². The van der Waals surface area contributed by atoms with Crippen LogP contribution in [0.4, 0.5) is 11.4 Å². The summed E-state index contributed by atoms with van der Waals surface area (Å²) >= 11 is 13.2. The smallest absolute Gasteiger partial charge is 0.255 e. The number of anilines is 2. The molecule has 0 atom stereocenters. The van der Waals surface area contributed by atoms with Crippen molar-refractivity contribution in [3.8, 4) is 0 Å². The summed E-state index contributed by atoms with van der Waals surface area (Å²) in [4.78, 5) is 28.5. The first kappa shape index (κ1) is 20.3. The fourth-order valence-electron chi connectivity index (χ4n) is 2.30. The summed E-state index contributed by atoms with van der Waals surface area (Å²) in [6, 6.07) is 11.5. The molecule has 2 N–H and O–H groups in total. The maximum absolute atomic E-state index is 12.3. The lowest BCUT2D eigenvalue weighted by Crippen LogP contribution is -2.15. The second kappa shape index (κ2) is 9.14. The molecule has 0 aliphatic rings. The van der Waals surface area contributed by atoms with Crippen molar-refractivity contribution in [3.63, 3.8) is 0 Å². The van der Waals surface area contributed by atoms with E-state index in [9.17, 15) is 9.59 Å². The van der Waals surface area contributed by atoms with Gasteiger partial charge in [0, 0.05) is 36.4 Å². The predicted molar refractivity (Wildman–Crippen MR) is 113 cm³/mol. The van der Waals surface area contributed by atoms with Crippen LogP contribution in [0.3, 0.4) is 0 Å². The largest absolute Gasteiger partial charge is 0.329 e. The van der Waals surface area contributed by atoms with E-state index in [1.807, 2.05) is 17.8 Å². The van der Waals surface area contributed by atoms with E-state index in [4.69, 9.17) is 23.2 Å². The number of carbonyl (C=O) groups excluding carboxylic acids is 2. The van der Waals surface area contributed by atoms with Gasteiger partial charge in [-0.15, -0.1) is 0 Å². The highest BCUT2D eigenvalue weighted by atomic mass is 35.5. The molecule has 2 aromatic carbocycles. The number of carbonyl (C=O) groups is 2. The molecule has 1 aromatic heterocycles. The highest BCUT2D eigenvalue weighted by Crippen LogP contribution is 2.25. The molecule has 0 spiro atoms. The molecule has 28 heavy (non-hydrogen) atoms. The number of aromatic nitrogens is 2. The average Bonchev–Trinajstić information content (AvgIpc) is 3.08. The molecule has 144 valence electrons. The van der Waals surface area contributed by atoms with Crippen molar-refractivity contribution in [1.82, 2.24) is 9.55 Å².